The first-order valence-electron chi connectivity index (χ1n) is 10.5. The third-order valence-corrected chi connectivity index (χ3v) is 5.76. The van der Waals surface area contributed by atoms with E-state index in [0.29, 0.717) is 18.6 Å². The van der Waals surface area contributed by atoms with Gasteiger partial charge in [-0.1, -0.05) is 49.1 Å². The molecule has 4 rings (SSSR count). The van der Waals surface area contributed by atoms with Crippen LogP contribution in [0.2, 0.25) is 0 Å². The summed E-state index contributed by atoms with van der Waals surface area (Å²) in [6, 6.07) is 20.5. The number of ether oxygens (including phenoxy) is 1. The normalized spacial score (nSPS) is 14.2. The Hall–Kier alpha value is -2.94. The third kappa shape index (κ3) is 8.77. The average Bonchev–Trinajstić information content (AvgIpc) is 3.17. The van der Waals surface area contributed by atoms with Crippen molar-refractivity contribution in [2.45, 2.75) is 25.0 Å². The molecule has 6 nitrogen and oxygen atoms in total. The number of imide groups is 1. The predicted molar refractivity (Wildman–Crippen MR) is 129 cm³/mol. The molecule has 2 amide bonds. The van der Waals surface area contributed by atoms with Gasteiger partial charge >= 0.3 is 19.8 Å². The molecule has 0 spiro atoms. The minimum atomic E-state index is -0.341. The zero-order valence-electron chi connectivity index (χ0n) is 18.5. The summed E-state index contributed by atoms with van der Waals surface area (Å²) < 4.78 is 5.71. The van der Waals surface area contributed by atoms with E-state index in [4.69, 9.17) is 4.74 Å². The maximum absolute atomic E-state index is 11.6. The Kier molecular flexibility index (Phi) is 11.5. The zero-order valence-corrected chi connectivity index (χ0v) is 21.9. The molecule has 1 aliphatic heterocycles. The number of hydrogen-bond donors (Lipinski definition) is 1. The van der Waals surface area contributed by atoms with E-state index in [-0.39, 0.29) is 36.2 Å². The number of aryl methyl sites for hydroxylation is 1. The Balaban J connectivity index is 0.000000386. The number of nitrogens with one attached hydrogen (secondary N) is 1. The van der Waals surface area contributed by atoms with Crippen molar-refractivity contribution in [3.8, 4) is 5.75 Å². The second-order valence-corrected chi connectivity index (χ2v) is 8.33. The van der Waals surface area contributed by atoms with Gasteiger partial charge in [-0.25, -0.2) is 0 Å². The summed E-state index contributed by atoms with van der Waals surface area (Å²) >= 11 is 1.04. The van der Waals surface area contributed by atoms with Gasteiger partial charge in [0.15, 0.2) is 0 Å². The van der Waals surface area contributed by atoms with Gasteiger partial charge in [0.05, 0.1) is 18.1 Å². The fraction of sp³-hybridized carbons (Fsp3) is 0.192. The van der Waals surface area contributed by atoms with Crippen molar-refractivity contribution in [2.75, 3.05) is 6.61 Å². The zero-order chi connectivity index (χ0) is 23.5. The Morgan fingerprint density at radius 3 is 2.32 bits per heavy atom. The Morgan fingerprint density at radius 1 is 1.06 bits per heavy atom. The third-order valence-electron chi connectivity index (χ3n) is 4.78. The van der Waals surface area contributed by atoms with Gasteiger partial charge in [-0.2, -0.15) is 29.3 Å². The van der Waals surface area contributed by atoms with E-state index in [1.165, 1.54) is 0 Å². The molecule has 176 valence electrons. The van der Waals surface area contributed by atoms with E-state index in [0.717, 1.165) is 40.8 Å². The van der Waals surface area contributed by atoms with Gasteiger partial charge in [0.2, 0.25) is 5.91 Å². The van der Waals surface area contributed by atoms with Crippen LogP contribution < -0.4 is 10.1 Å². The number of thioether (sulfide) groups is 1. The monoisotopic (exact) mass is 652 g/mol. The molecular formula is C26H24N2O4OsS. The van der Waals surface area contributed by atoms with Crippen LogP contribution in [0.15, 0.2) is 72.9 Å². The summed E-state index contributed by atoms with van der Waals surface area (Å²) in [7, 11) is 0. The van der Waals surface area contributed by atoms with E-state index in [1.54, 1.807) is 30.6 Å². The molecule has 34 heavy (non-hydrogen) atoms. The van der Waals surface area contributed by atoms with Gasteiger partial charge in [-0.05, 0) is 30.5 Å². The molecule has 1 N–H and O–H groups in total. The van der Waals surface area contributed by atoms with E-state index in [1.807, 2.05) is 55.1 Å². The van der Waals surface area contributed by atoms with Gasteiger partial charge in [0.1, 0.15) is 5.75 Å². The fourth-order valence-corrected chi connectivity index (χ4v) is 3.83. The van der Waals surface area contributed by atoms with Crippen LogP contribution in [-0.4, -0.2) is 34.3 Å². The van der Waals surface area contributed by atoms with Crippen LogP contribution in [0.1, 0.15) is 29.3 Å². The minimum Gasteiger partial charge on any atom is -0.502 e. The topological polar surface area (TPSA) is 85.4 Å². The van der Waals surface area contributed by atoms with Gasteiger partial charge in [-0.15, -0.1) is 18.6 Å². The first kappa shape index (κ1) is 27.3. The molecule has 0 radical (unpaired) electrons. The summed E-state index contributed by atoms with van der Waals surface area (Å²) in [5, 5.41) is 1.69. The van der Waals surface area contributed by atoms with E-state index in [9.17, 15) is 14.4 Å². The molecule has 1 saturated heterocycles. The summed E-state index contributed by atoms with van der Waals surface area (Å²) in [5.41, 5.74) is 3.71. The number of nitrogens with zero attached hydrogens (tertiary/aromatic N) is 1. The van der Waals surface area contributed by atoms with Crippen LogP contribution in [0.4, 0.5) is 4.79 Å². The molecule has 0 bridgehead atoms. The quantitative estimate of drug-likeness (QED) is 0.366. The number of carbonyl (C=O) groups is 2. The summed E-state index contributed by atoms with van der Waals surface area (Å²) in [4.78, 5) is 37.0. The second kappa shape index (κ2) is 14.3. The van der Waals surface area contributed by atoms with Crippen LogP contribution in [0.3, 0.4) is 0 Å². The molecule has 1 atom stereocenters. The summed E-state index contributed by atoms with van der Waals surface area (Å²) in [5.74, 6) is 0.547. The first-order valence-corrected chi connectivity index (χ1v) is 11.4. The predicted octanol–water partition coefficient (Wildman–Crippen LogP) is 4.31. The molecule has 1 fully saturated rings. The number of aromatic nitrogens is 1. The van der Waals surface area contributed by atoms with Crippen molar-refractivity contribution in [3.05, 3.63) is 102 Å². The standard InChI is InChI=1S/C19H19N2O3S.C7H5O.Os/c1-2-15-6-3-14(12-20-15)9-10-24-16-7-4-13(5-8-16)11-17-18(22)21-19(23)25-17;8-6-7-4-2-1-3-5-7;/h3-9,12,17H,2,10-11H2,1H3,(H,21,22,23);1-5H;/q2*-1;+2. The molecule has 0 saturated carbocycles. The maximum Gasteiger partial charge on any atom is 2.00 e. The van der Waals surface area contributed by atoms with Crippen molar-refractivity contribution in [1.29, 1.82) is 0 Å². The Morgan fingerprint density at radius 2 is 1.79 bits per heavy atom. The number of hydrogen-bond acceptors (Lipinski definition) is 6. The Labute approximate surface area is 217 Å². The van der Waals surface area contributed by atoms with Crippen molar-refractivity contribution >= 4 is 29.2 Å². The van der Waals surface area contributed by atoms with Crippen LogP contribution in [0, 0.1) is 6.42 Å². The fourth-order valence-electron chi connectivity index (χ4n) is 2.97. The SMILES string of the molecule is CCc1ccc([CH-]COc2ccc(CC3SC(=O)NC3=O)cc2)cn1.O=[C-]c1ccccc1.[Os+2]. The van der Waals surface area contributed by atoms with Gasteiger partial charge in [0.25, 0.3) is 5.24 Å². The summed E-state index contributed by atoms with van der Waals surface area (Å²) in [6.45, 7) is 2.54. The largest absolute Gasteiger partial charge is 2.00 e. The van der Waals surface area contributed by atoms with Crippen LogP contribution in [0.5, 0.6) is 5.75 Å². The number of amides is 2. The molecule has 3 aromatic rings. The summed E-state index contributed by atoms with van der Waals surface area (Å²) in [6.07, 6.45) is 7.06. The average molecular weight is 651 g/mol. The van der Waals surface area contributed by atoms with Crippen molar-refractivity contribution < 1.29 is 38.9 Å². The molecular weight excluding hydrogens is 627 g/mol. The van der Waals surface area contributed by atoms with Crippen molar-refractivity contribution in [2.24, 2.45) is 0 Å². The minimum absolute atomic E-state index is 0. The van der Waals surface area contributed by atoms with E-state index < -0.39 is 0 Å². The molecule has 1 unspecified atom stereocenters. The van der Waals surface area contributed by atoms with E-state index in [2.05, 4.69) is 17.2 Å². The second-order valence-electron chi connectivity index (χ2n) is 7.15. The maximum atomic E-state index is 11.6. The van der Waals surface area contributed by atoms with Crippen LogP contribution >= 0.6 is 11.8 Å². The number of benzene rings is 2. The van der Waals surface area contributed by atoms with Crippen LogP contribution in [0.25, 0.3) is 0 Å². The molecule has 1 aromatic heterocycles. The first-order chi connectivity index (χ1) is 16.1. The van der Waals surface area contributed by atoms with Gasteiger partial charge in [-0.3, -0.25) is 14.9 Å². The van der Waals surface area contributed by atoms with Crippen molar-refractivity contribution in [3.63, 3.8) is 0 Å². The van der Waals surface area contributed by atoms with Gasteiger partial charge in [0, 0.05) is 5.69 Å². The number of pyridine rings is 1. The molecule has 2 aromatic carbocycles. The van der Waals surface area contributed by atoms with E-state index >= 15 is 0 Å². The molecule has 0 aliphatic carbocycles. The molecule has 1 aliphatic rings. The Bertz CT molecular complexity index is 1060. The number of carbonyl (C=O) groups excluding carboxylic acids is 3. The smallest absolute Gasteiger partial charge is 0.502 e. The van der Waals surface area contributed by atoms with Crippen molar-refractivity contribution in [1.82, 2.24) is 10.3 Å². The van der Waals surface area contributed by atoms with Crippen LogP contribution in [-0.2, 0) is 42.2 Å². The number of rotatable bonds is 8. The molecule has 2 heterocycles. The molecule has 8 heteroatoms. The van der Waals surface area contributed by atoms with Gasteiger partial charge < -0.3 is 14.5 Å².